The van der Waals surface area contributed by atoms with Crippen molar-refractivity contribution in [2.45, 2.75) is 6.92 Å². The molecule has 1 aromatic heterocycles. The lowest BCUT2D eigenvalue weighted by Crippen LogP contribution is -2.04. The first kappa shape index (κ1) is 9.92. The minimum Gasteiger partial charge on any atom is -0.287 e. The van der Waals surface area contributed by atoms with Gasteiger partial charge in [-0.25, -0.2) is 4.39 Å². The van der Waals surface area contributed by atoms with Crippen LogP contribution in [0.1, 0.15) is 21.6 Å². The second-order valence-electron chi connectivity index (χ2n) is 3.08. The molecule has 2 aromatic rings. The van der Waals surface area contributed by atoms with Crippen LogP contribution in [0.3, 0.4) is 0 Å². The molecule has 0 unspecified atom stereocenters. The molecule has 0 aliphatic heterocycles. The van der Waals surface area contributed by atoms with Crippen LogP contribution in [-0.4, -0.2) is 14.5 Å². The Kier molecular flexibility index (Phi) is 2.55. The van der Waals surface area contributed by atoms with Crippen molar-refractivity contribution in [2.75, 3.05) is 0 Å². The van der Waals surface area contributed by atoms with E-state index in [1.165, 1.54) is 24.4 Å². The first-order valence-corrected chi connectivity index (χ1v) is 5.00. The molecule has 5 heteroatoms. The third-order valence-electron chi connectivity index (χ3n) is 2.03. The van der Waals surface area contributed by atoms with E-state index in [0.717, 1.165) is 11.7 Å². The highest BCUT2D eigenvalue weighted by Crippen LogP contribution is 2.14. The van der Waals surface area contributed by atoms with Gasteiger partial charge in [-0.05, 0) is 30.7 Å². The van der Waals surface area contributed by atoms with Gasteiger partial charge in [-0.2, -0.15) is 8.75 Å². The molecule has 0 aliphatic rings. The molecule has 0 saturated heterocycles. The molecule has 2 rings (SSSR count). The van der Waals surface area contributed by atoms with Crippen LogP contribution in [0.15, 0.2) is 24.4 Å². The van der Waals surface area contributed by atoms with Gasteiger partial charge < -0.3 is 0 Å². The first-order valence-electron chi connectivity index (χ1n) is 4.27. The van der Waals surface area contributed by atoms with Crippen molar-refractivity contribution in [3.63, 3.8) is 0 Å². The predicted octanol–water partition coefficient (Wildman–Crippen LogP) is 2.22. The number of benzene rings is 1. The van der Waals surface area contributed by atoms with Crippen LogP contribution in [0.4, 0.5) is 4.39 Å². The second kappa shape index (κ2) is 3.86. The minimum atomic E-state index is -0.347. The van der Waals surface area contributed by atoms with Crippen LogP contribution >= 0.6 is 11.7 Å². The van der Waals surface area contributed by atoms with Gasteiger partial charge in [-0.15, -0.1) is 0 Å². The summed E-state index contributed by atoms with van der Waals surface area (Å²) >= 11 is 0.977. The zero-order valence-corrected chi connectivity index (χ0v) is 8.71. The molecule has 0 radical (unpaired) electrons. The van der Waals surface area contributed by atoms with E-state index < -0.39 is 0 Å². The van der Waals surface area contributed by atoms with Crippen molar-refractivity contribution < 1.29 is 9.18 Å². The summed E-state index contributed by atoms with van der Waals surface area (Å²) in [6.45, 7) is 1.69. The lowest BCUT2D eigenvalue weighted by Gasteiger charge is -2.01. The Balaban J connectivity index is 2.42. The van der Waals surface area contributed by atoms with E-state index in [4.69, 9.17) is 0 Å². The predicted molar refractivity (Wildman–Crippen MR) is 54.5 cm³/mol. The van der Waals surface area contributed by atoms with Crippen molar-refractivity contribution in [3.05, 3.63) is 47.0 Å². The van der Waals surface area contributed by atoms with Gasteiger partial charge in [-0.1, -0.05) is 0 Å². The Morgan fingerprint density at radius 1 is 1.47 bits per heavy atom. The third kappa shape index (κ3) is 1.92. The van der Waals surface area contributed by atoms with Gasteiger partial charge >= 0.3 is 0 Å². The number of aryl methyl sites for hydroxylation is 1. The van der Waals surface area contributed by atoms with Crippen molar-refractivity contribution in [1.29, 1.82) is 0 Å². The van der Waals surface area contributed by atoms with Crippen molar-refractivity contribution in [1.82, 2.24) is 8.75 Å². The standard InChI is InChI=1S/C10H7FN2OS/c1-6-4-7(11)2-3-8(6)10(14)9-5-12-15-13-9/h2-5H,1H3. The van der Waals surface area contributed by atoms with E-state index in [0.29, 0.717) is 16.8 Å². The zero-order valence-electron chi connectivity index (χ0n) is 7.90. The molecule has 3 nitrogen and oxygen atoms in total. The number of rotatable bonds is 2. The summed E-state index contributed by atoms with van der Waals surface area (Å²) in [6, 6.07) is 4.05. The molecular weight excluding hydrogens is 215 g/mol. The molecule has 0 aliphatic carbocycles. The number of carbonyl (C=O) groups is 1. The Hall–Kier alpha value is -1.62. The summed E-state index contributed by atoms with van der Waals surface area (Å²) in [5.74, 6) is -0.568. The molecule has 1 heterocycles. The Bertz CT molecular complexity index is 496. The molecule has 76 valence electrons. The van der Waals surface area contributed by atoms with E-state index in [2.05, 4.69) is 8.75 Å². The van der Waals surface area contributed by atoms with Gasteiger partial charge in [0, 0.05) is 5.56 Å². The second-order valence-corrected chi connectivity index (χ2v) is 3.64. The van der Waals surface area contributed by atoms with Crippen molar-refractivity contribution in [2.24, 2.45) is 0 Å². The van der Waals surface area contributed by atoms with Gasteiger partial charge in [0.05, 0.1) is 17.9 Å². The lowest BCUT2D eigenvalue weighted by molar-refractivity contribution is 0.103. The Labute approximate surface area is 89.9 Å². The van der Waals surface area contributed by atoms with Crippen LogP contribution in [0.2, 0.25) is 0 Å². The number of nitrogens with zero attached hydrogens (tertiary/aromatic N) is 2. The molecule has 1 aromatic carbocycles. The van der Waals surface area contributed by atoms with Crippen LogP contribution in [0.25, 0.3) is 0 Å². The largest absolute Gasteiger partial charge is 0.287 e. The third-order valence-corrected chi connectivity index (χ3v) is 2.51. The molecule has 0 spiro atoms. The highest BCUT2D eigenvalue weighted by Gasteiger charge is 2.14. The summed E-state index contributed by atoms with van der Waals surface area (Å²) in [5.41, 5.74) is 1.37. The summed E-state index contributed by atoms with van der Waals surface area (Å²) in [7, 11) is 0. The fourth-order valence-corrected chi connectivity index (χ4v) is 1.70. The maximum Gasteiger partial charge on any atom is 0.214 e. The minimum absolute atomic E-state index is 0.221. The maximum atomic E-state index is 12.8. The Morgan fingerprint density at radius 3 is 2.87 bits per heavy atom. The molecule has 0 fully saturated rings. The number of ketones is 1. The van der Waals surface area contributed by atoms with Crippen molar-refractivity contribution in [3.8, 4) is 0 Å². The number of hydrogen-bond acceptors (Lipinski definition) is 4. The van der Waals surface area contributed by atoms with Crippen molar-refractivity contribution >= 4 is 17.5 Å². The van der Waals surface area contributed by atoms with Crippen LogP contribution in [0, 0.1) is 12.7 Å². The van der Waals surface area contributed by atoms with Gasteiger partial charge in [0.15, 0.2) is 0 Å². The lowest BCUT2D eigenvalue weighted by atomic mass is 10.0. The average Bonchev–Trinajstić information content (AvgIpc) is 2.69. The Morgan fingerprint density at radius 2 is 2.27 bits per heavy atom. The molecule has 0 saturated carbocycles. The van der Waals surface area contributed by atoms with Gasteiger partial charge in [0.25, 0.3) is 0 Å². The first-order chi connectivity index (χ1) is 7.18. The van der Waals surface area contributed by atoms with Crippen LogP contribution in [0.5, 0.6) is 0 Å². The van der Waals surface area contributed by atoms with E-state index >= 15 is 0 Å². The molecule has 15 heavy (non-hydrogen) atoms. The van der Waals surface area contributed by atoms with E-state index in [-0.39, 0.29) is 11.6 Å². The SMILES string of the molecule is Cc1cc(F)ccc1C(=O)c1cnsn1. The average molecular weight is 222 g/mol. The van der Waals surface area contributed by atoms with E-state index in [1.807, 2.05) is 0 Å². The highest BCUT2D eigenvalue weighted by molar-refractivity contribution is 6.99. The summed E-state index contributed by atoms with van der Waals surface area (Å²) < 4.78 is 20.4. The number of hydrogen-bond donors (Lipinski definition) is 0. The summed E-state index contributed by atoms with van der Waals surface area (Å²) in [6.07, 6.45) is 1.41. The van der Waals surface area contributed by atoms with Gasteiger partial charge in [-0.3, -0.25) is 4.79 Å². The molecule has 0 N–H and O–H groups in total. The molecule has 0 bridgehead atoms. The van der Waals surface area contributed by atoms with E-state index in [9.17, 15) is 9.18 Å². The van der Waals surface area contributed by atoms with Gasteiger partial charge in [0.1, 0.15) is 11.5 Å². The number of aromatic nitrogens is 2. The fraction of sp³-hybridized carbons (Fsp3) is 0.100. The molecule has 0 atom stereocenters. The van der Waals surface area contributed by atoms with Gasteiger partial charge in [0.2, 0.25) is 5.78 Å². The molecular formula is C10H7FN2OS. The van der Waals surface area contributed by atoms with Crippen LogP contribution in [-0.2, 0) is 0 Å². The molecule has 0 amide bonds. The number of carbonyl (C=O) groups excluding carboxylic acids is 1. The smallest absolute Gasteiger partial charge is 0.214 e. The maximum absolute atomic E-state index is 12.8. The number of halogens is 1. The highest BCUT2D eigenvalue weighted by atomic mass is 32.1. The zero-order chi connectivity index (χ0) is 10.8. The topological polar surface area (TPSA) is 42.9 Å². The van der Waals surface area contributed by atoms with Crippen LogP contribution < -0.4 is 0 Å². The van der Waals surface area contributed by atoms with E-state index in [1.54, 1.807) is 6.92 Å². The quantitative estimate of drug-likeness (QED) is 0.732. The normalized spacial score (nSPS) is 10.3. The monoisotopic (exact) mass is 222 g/mol. The fourth-order valence-electron chi connectivity index (χ4n) is 1.28. The summed E-state index contributed by atoms with van der Waals surface area (Å²) in [5, 5.41) is 0. The summed E-state index contributed by atoms with van der Waals surface area (Å²) in [4.78, 5) is 11.8.